The van der Waals surface area contributed by atoms with Crippen molar-refractivity contribution in [3.63, 3.8) is 0 Å². The minimum absolute atomic E-state index is 0.0496. The number of aromatic nitrogens is 4. The summed E-state index contributed by atoms with van der Waals surface area (Å²) >= 11 is 6.70. The Kier molecular flexibility index (Phi) is 8.22. The molecule has 0 radical (unpaired) electrons. The molecule has 0 bridgehead atoms. The van der Waals surface area contributed by atoms with Gasteiger partial charge >= 0.3 is 0 Å². The van der Waals surface area contributed by atoms with Gasteiger partial charge in [-0.1, -0.05) is 25.4 Å². The lowest BCUT2D eigenvalue weighted by molar-refractivity contribution is 0.0955. The van der Waals surface area contributed by atoms with Gasteiger partial charge in [-0.05, 0) is 67.3 Å². The number of halogens is 1. The zero-order chi connectivity index (χ0) is 23.1. The van der Waals surface area contributed by atoms with E-state index in [0.717, 1.165) is 53.1 Å². The summed E-state index contributed by atoms with van der Waals surface area (Å²) in [7, 11) is 1.86. The maximum absolute atomic E-state index is 12.4. The van der Waals surface area contributed by atoms with Crippen LogP contribution in [-0.2, 0) is 19.9 Å². The lowest BCUT2D eigenvalue weighted by Gasteiger charge is -2.13. The predicted molar refractivity (Wildman–Crippen MR) is 129 cm³/mol. The fourth-order valence-electron chi connectivity index (χ4n) is 3.42. The summed E-state index contributed by atoms with van der Waals surface area (Å²) in [5.74, 6) is 0.956. The molecule has 2 heterocycles. The molecule has 0 spiro atoms. The first kappa shape index (κ1) is 23.7. The van der Waals surface area contributed by atoms with E-state index in [1.54, 1.807) is 10.9 Å². The second-order valence-electron chi connectivity index (χ2n) is 7.61. The Morgan fingerprint density at radius 3 is 2.47 bits per heavy atom. The summed E-state index contributed by atoms with van der Waals surface area (Å²) in [6, 6.07) is 3.87. The van der Waals surface area contributed by atoms with Crippen LogP contribution in [0.5, 0.6) is 0 Å². The quantitative estimate of drug-likeness (QED) is 0.497. The first-order chi connectivity index (χ1) is 15.5. The van der Waals surface area contributed by atoms with Crippen molar-refractivity contribution in [3.8, 4) is 0 Å². The number of amides is 1. The summed E-state index contributed by atoms with van der Waals surface area (Å²) < 4.78 is 1.71. The average Bonchev–Trinajstić information content (AvgIpc) is 3.57. The van der Waals surface area contributed by atoms with Gasteiger partial charge in [0.25, 0.3) is 5.91 Å². The molecule has 1 saturated carbocycles. The number of hydrogen-bond acceptors (Lipinski definition) is 5. The molecule has 3 aromatic rings. The highest BCUT2D eigenvalue weighted by Crippen LogP contribution is 2.44. The van der Waals surface area contributed by atoms with Crippen molar-refractivity contribution in [1.29, 1.82) is 0 Å². The summed E-state index contributed by atoms with van der Waals surface area (Å²) in [6.07, 6.45) is 11.0. The average molecular weight is 455 g/mol. The van der Waals surface area contributed by atoms with Crippen molar-refractivity contribution in [1.82, 2.24) is 25.1 Å². The Morgan fingerprint density at radius 1 is 1.16 bits per heavy atom. The number of anilines is 2. The molecule has 2 aromatic heterocycles. The van der Waals surface area contributed by atoms with Crippen LogP contribution in [0.15, 0.2) is 36.9 Å². The van der Waals surface area contributed by atoms with Gasteiger partial charge in [0.2, 0.25) is 5.95 Å². The number of rotatable bonds is 8. The fourth-order valence-corrected chi connectivity index (χ4v) is 3.78. The van der Waals surface area contributed by atoms with Crippen molar-refractivity contribution >= 4 is 29.1 Å². The van der Waals surface area contributed by atoms with Crippen LogP contribution in [0.1, 0.15) is 66.6 Å². The van der Waals surface area contributed by atoms with Crippen LogP contribution in [0.25, 0.3) is 0 Å². The van der Waals surface area contributed by atoms with Gasteiger partial charge in [0.15, 0.2) is 0 Å². The molecule has 170 valence electrons. The van der Waals surface area contributed by atoms with E-state index >= 15 is 0 Å². The standard InChI is InChI=1S/C22H25ClN6O.C2H6/c1-3-24-21(30)17-8-16(20(23)19(9-17)15-6-7-15)5-4-14-10-25-22(26-11-14)28-18-12-27-29(2)13-18;1-2/h8-13,15H,3-7H2,1-2H3,(H,24,30)(H,25,26,28);1-2H3. The zero-order valence-corrected chi connectivity index (χ0v) is 19.9. The summed E-state index contributed by atoms with van der Waals surface area (Å²) in [5.41, 5.74) is 4.64. The molecule has 1 aliphatic rings. The smallest absolute Gasteiger partial charge is 0.251 e. The second kappa shape index (κ2) is 11.1. The topological polar surface area (TPSA) is 84.7 Å². The Balaban J connectivity index is 0.00000141. The molecule has 0 aliphatic heterocycles. The van der Waals surface area contributed by atoms with Gasteiger partial charge in [0.05, 0.1) is 11.9 Å². The minimum atomic E-state index is -0.0496. The summed E-state index contributed by atoms with van der Waals surface area (Å²) in [5, 5.41) is 10.9. The van der Waals surface area contributed by atoms with Crippen LogP contribution >= 0.6 is 11.6 Å². The molecular formula is C24H31ClN6O. The Morgan fingerprint density at radius 2 is 1.88 bits per heavy atom. The molecule has 1 fully saturated rings. The Labute approximate surface area is 194 Å². The highest BCUT2D eigenvalue weighted by Gasteiger charge is 2.28. The molecule has 0 saturated heterocycles. The fraction of sp³-hybridized carbons (Fsp3) is 0.417. The van der Waals surface area contributed by atoms with Crippen molar-refractivity contribution < 1.29 is 4.79 Å². The minimum Gasteiger partial charge on any atom is -0.352 e. The third kappa shape index (κ3) is 6.07. The van der Waals surface area contributed by atoms with Crippen LogP contribution in [0.3, 0.4) is 0 Å². The predicted octanol–water partition coefficient (Wildman–Crippen LogP) is 5.05. The van der Waals surface area contributed by atoms with E-state index in [-0.39, 0.29) is 5.91 Å². The first-order valence-electron chi connectivity index (χ1n) is 11.2. The van der Waals surface area contributed by atoms with Crippen molar-refractivity contribution in [3.05, 3.63) is 64.2 Å². The van der Waals surface area contributed by atoms with Gasteiger partial charge < -0.3 is 10.6 Å². The maximum Gasteiger partial charge on any atom is 0.251 e. The summed E-state index contributed by atoms with van der Waals surface area (Å²) in [4.78, 5) is 21.2. The zero-order valence-electron chi connectivity index (χ0n) is 19.2. The lowest BCUT2D eigenvalue weighted by Crippen LogP contribution is -2.23. The molecule has 32 heavy (non-hydrogen) atoms. The van der Waals surface area contributed by atoms with Crippen LogP contribution in [0, 0.1) is 0 Å². The molecule has 1 amide bonds. The van der Waals surface area contributed by atoms with Crippen molar-refractivity contribution in [2.75, 3.05) is 11.9 Å². The number of carbonyl (C=O) groups is 1. The number of hydrogen-bond donors (Lipinski definition) is 2. The number of benzene rings is 1. The SMILES string of the molecule is CC.CCNC(=O)c1cc(CCc2cnc(Nc3cnn(C)c3)nc2)c(Cl)c(C2CC2)c1. The Bertz CT molecular complexity index is 1040. The number of aryl methyl sites for hydroxylation is 3. The molecule has 0 atom stereocenters. The number of nitrogens with zero attached hydrogens (tertiary/aromatic N) is 4. The molecule has 1 aromatic carbocycles. The van der Waals surface area contributed by atoms with Gasteiger partial charge in [-0.3, -0.25) is 9.48 Å². The lowest BCUT2D eigenvalue weighted by atomic mass is 9.98. The third-order valence-corrected chi connectivity index (χ3v) is 5.60. The number of nitrogens with one attached hydrogen (secondary N) is 2. The maximum atomic E-state index is 12.4. The van der Waals surface area contributed by atoms with Gasteiger partial charge in [-0.25, -0.2) is 9.97 Å². The van der Waals surface area contributed by atoms with E-state index in [1.165, 1.54) is 0 Å². The normalized spacial score (nSPS) is 12.7. The van der Waals surface area contributed by atoms with Crippen molar-refractivity contribution in [2.45, 2.75) is 52.4 Å². The third-order valence-electron chi connectivity index (χ3n) is 5.14. The van der Waals surface area contributed by atoms with Crippen LogP contribution in [-0.4, -0.2) is 32.2 Å². The molecular weight excluding hydrogens is 424 g/mol. The van der Waals surface area contributed by atoms with E-state index in [9.17, 15) is 4.79 Å². The second-order valence-corrected chi connectivity index (χ2v) is 7.99. The van der Waals surface area contributed by atoms with E-state index in [0.29, 0.717) is 24.0 Å². The highest BCUT2D eigenvalue weighted by molar-refractivity contribution is 6.32. The van der Waals surface area contributed by atoms with Crippen LogP contribution in [0.2, 0.25) is 5.02 Å². The van der Waals surface area contributed by atoms with Crippen LogP contribution < -0.4 is 10.6 Å². The van der Waals surface area contributed by atoms with E-state index in [2.05, 4.69) is 25.7 Å². The first-order valence-corrected chi connectivity index (χ1v) is 11.6. The Hall–Kier alpha value is -2.93. The van der Waals surface area contributed by atoms with Gasteiger partial charge in [0, 0.05) is 42.8 Å². The molecule has 0 unspecified atom stereocenters. The highest BCUT2D eigenvalue weighted by atomic mass is 35.5. The van der Waals surface area contributed by atoms with Crippen molar-refractivity contribution in [2.24, 2.45) is 7.05 Å². The molecule has 7 nitrogen and oxygen atoms in total. The van der Waals surface area contributed by atoms with Gasteiger partial charge in [-0.15, -0.1) is 0 Å². The molecule has 2 N–H and O–H groups in total. The molecule has 4 rings (SSSR count). The van der Waals surface area contributed by atoms with E-state index in [1.807, 2.05) is 58.5 Å². The van der Waals surface area contributed by atoms with Crippen LogP contribution in [0.4, 0.5) is 11.6 Å². The van der Waals surface area contributed by atoms with E-state index in [4.69, 9.17) is 11.6 Å². The monoisotopic (exact) mass is 454 g/mol. The largest absolute Gasteiger partial charge is 0.352 e. The molecule has 8 heteroatoms. The van der Waals surface area contributed by atoms with Gasteiger partial charge in [-0.2, -0.15) is 5.10 Å². The van der Waals surface area contributed by atoms with Gasteiger partial charge in [0.1, 0.15) is 0 Å². The molecule has 1 aliphatic carbocycles. The number of carbonyl (C=O) groups excluding carboxylic acids is 1. The summed E-state index contributed by atoms with van der Waals surface area (Å²) in [6.45, 7) is 6.52. The van der Waals surface area contributed by atoms with E-state index < -0.39 is 0 Å².